The van der Waals surface area contributed by atoms with E-state index in [1.807, 2.05) is 63.2 Å². The van der Waals surface area contributed by atoms with Crippen LogP contribution in [0.4, 0.5) is 0 Å². The summed E-state index contributed by atoms with van der Waals surface area (Å²) < 4.78 is 17.0. The standard InChI is InChI=1S/C23H31NO4/c1-6-17-8-11-19(12-9-17)28-20(7-2)23(25)24-15-18-10-13-21(27-16(3)4)22(14-18)26-5/h8-14,16,20H,6-7,15H2,1-5H3,(H,24,25)/t20-/m0/s1. The highest BCUT2D eigenvalue weighted by Crippen LogP contribution is 2.29. The van der Waals surface area contributed by atoms with Gasteiger partial charge in [-0.2, -0.15) is 0 Å². The Morgan fingerprint density at radius 2 is 1.64 bits per heavy atom. The van der Waals surface area contributed by atoms with Gasteiger partial charge in [0, 0.05) is 6.54 Å². The van der Waals surface area contributed by atoms with Crippen molar-refractivity contribution in [1.82, 2.24) is 5.32 Å². The van der Waals surface area contributed by atoms with E-state index < -0.39 is 6.10 Å². The predicted molar refractivity (Wildman–Crippen MR) is 111 cm³/mol. The second kappa shape index (κ2) is 10.6. The number of carbonyl (C=O) groups excluding carboxylic acids is 1. The monoisotopic (exact) mass is 385 g/mol. The second-order valence-electron chi connectivity index (χ2n) is 6.88. The third kappa shape index (κ3) is 6.19. The molecule has 1 N–H and O–H groups in total. The van der Waals surface area contributed by atoms with Crippen molar-refractivity contribution in [3.8, 4) is 17.2 Å². The lowest BCUT2D eigenvalue weighted by atomic mass is 10.1. The van der Waals surface area contributed by atoms with Crippen LogP contribution in [-0.2, 0) is 17.8 Å². The Morgan fingerprint density at radius 1 is 0.964 bits per heavy atom. The molecule has 5 nitrogen and oxygen atoms in total. The van der Waals surface area contributed by atoms with Gasteiger partial charge in [-0.3, -0.25) is 4.79 Å². The Bertz CT molecular complexity index is 756. The third-order valence-corrected chi connectivity index (χ3v) is 4.33. The number of rotatable bonds is 10. The van der Waals surface area contributed by atoms with E-state index in [-0.39, 0.29) is 12.0 Å². The van der Waals surface area contributed by atoms with Crippen LogP contribution in [0.3, 0.4) is 0 Å². The highest BCUT2D eigenvalue weighted by atomic mass is 16.5. The highest BCUT2D eigenvalue weighted by Gasteiger charge is 2.18. The van der Waals surface area contributed by atoms with Gasteiger partial charge in [-0.1, -0.05) is 32.0 Å². The summed E-state index contributed by atoms with van der Waals surface area (Å²) in [5.74, 6) is 1.91. The van der Waals surface area contributed by atoms with Gasteiger partial charge in [-0.25, -0.2) is 0 Å². The summed E-state index contributed by atoms with van der Waals surface area (Å²) in [6.45, 7) is 8.37. The van der Waals surface area contributed by atoms with Crippen molar-refractivity contribution in [2.45, 2.75) is 59.3 Å². The second-order valence-corrected chi connectivity index (χ2v) is 6.88. The van der Waals surface area contributed by atoms with Crippen LogP contribution in [0.1, 0.15) is 45.2 Å². The molecule has 0 aliphatic heterocycles. The van der Waals surface area contributed by atoms with Crippen molar-refractivity contribution in [2.24, 2.45) is 0 Å². The number of hydrogen-bond acceptors (Lipinski definition) is 4. The van der Waals surface area contributed by atoms with Gasteiger partial charge in [0.1, 0.15) is 5.75 Å². The molecule has 0 aromatic heterocycles. The Morgan fingerprint density at radius 3 is 2.21 bits per heavy atom. The highest BCUT2D eigenvalue weighted by molar-refractivity contribution is 5.81. The first-order valence-electron chi connectivity index (χ1n) is 9.83. The molecule has 0 unspecified atom stereocenters. The molecule has 0 saturated heterocycles. The van der Waals surface area contributed by atoms with Gasteiger partial charge in [-0.05, 0) is 62.1 Å². The third-order valence-electron chi connectivity index (χ3n) is 4.33. The zero-order valence-electron chi connectivity index (χ0n) is 17.5. The Kier molecular flexibility index (Phi) is 8.18. The first-order valence-corrected chi connectivity index (χ1v) is 9.83. The maximum atomic E-state index is 12.5. The summed E-state index contributed by atoms with van der Waals surface area (Å²) in [5.41, 5.74) is 2.17. The van der Waals surface area contributed by atoms with Crippen molar-refractivity contribution in [3.05, 3.63) is 53.6 Å². The fourth-order valence-electron chi connectivity index (χ4n) is 2.77. The molecule has 0 fully saturated rings. The van der Waals surface area contributed by atoms with Gasteiger partial charge in [-0.15, -0.1) is 0 Å². The topological polar surface area (TPSA) is 56.8 Å². The quantitative estimate of drug-likeness (QED) is 0.653. The normalized spacial score (nSPS) is 11.8. The summed E-state index contributed by atoms with van der Waals surface area (Å²) >= 11 is 0. The molecule has 0 bridgehead atoms. The van der Waals surface area contributed by atoms with Crippen LogP contribution in [0.15, 0.2) is 42.5 Å². The molecule has 2 aromatic carbocycles. The predicted octanol–water partition coefficient (Wildman–Crippen LogP) is 4.52. The van der Waals surface area contributed by atoms with E-state index in [1.54, 1.807) is 7.11 Å². The fraction of sp³-hybridized carbons (Fsp3) is 0.435. The number of carbonyl (C=O) groups is 1. The molecule has 1 atom stereocenters. The molecule has 5 heteroatoms. The van der Waals surface area contributed by atoms with Crippen molar-refractivity contribution < 1.29 is 19.0 Å². The Labute approximate surface area is 168 Å². The number of hydrogen-bond donors (Lipinski definition) is 1. The average Bonchev–Trinajstić information content (AvgIpc) is 2.71. The minimum Gasteiger partial charge on any atom is -0.493 e. The molecule has 0 saturated carbocycles. The van der Waals surface area contributed by atoms with Crippen molar-refractivity contribution in [3.63, 3.8) is 0 Å². The van der Waals surface area contributed by atoms with Crippen LogP contribution in [0.5, 0.6) is 17.2 Å². The summed E-state index contributed by atoms with van der Waals surface area (Å²) in [6.07, 6.45) is 1.10. The lowest BCUT2D eigenvalue weighted by Gasteiger charge is -2.18. The van der Waals surface area contributed by atoms with Crippen LogP contribution < -0.4 is 19.5 Å². The van der Waals surface area contributed by atoms with Crippen molar-refractivity contribution >= 4 is 5.91 Å². The number of ether oxygens (including phenoxy) is 3. The molecule has 28 heavy (non-hydrogen) atoms. The molecule has 1 amide bonds. The SMILES string of the molecule is CCc1ccc(O[C@@H](CC)C(=O)NCc2ccc(OC(C)C)c(OC)c2)cc1. The largest absolute Gasteiger partial charge is 0.493 e. The molecular formula is C23H31NO4. The number of nitrogens with one attached hydrogen (secondary N) is 1. The number of benzene rings is 2. The van der Waals surface area contributed by atoms with E-state index in [0.717, 1.165) is 12.0 Å². The van der Waals surface area contributed by atoms with Gasteiger partial charge in [0.25, 0.3) is 5.91 Å². The number of amides is 1. The van der Waals surface area contributed by atoms with Crippen LogP contribution >= 0.6 is 0 Å². The van der Waals surface area contributed by atoms with E-state index in [9.17, 15) is 4.79 Å². The molecule has 0 radical (unpaired) electrons. The van der Waals surface area contributed by atoms with Gasteiger partial charge in [0.15, 0.2) is 17.6 Å². The lowest BCUT2D eigenvalue weighted by molar-refractivity contribution is -0.128. The number of aryl methyl sites for hydroxylation is 1. The molecule has 2 rings (SSSR count). The summed E-state index contributed by atoms with van der Waals surface area (Å²) in [7, 11) is 1.61. The van der Waals surface area contributed by atoms with E-state index in [2.05, 4.69) is 12.2 Å². The van der Waals surface area contributed by atoms with Gasteiger partial charge in [0.05, 0.1) is 13.2 Å². The summed E-state index contributed by atoms with van der Waals surface area (Å²) in [4.78, 5) is 12.5. The van der Waals surface area contributed by atoms with E-state index >= 15 is 0 Å². The summed E-state index contributed by atoms with van der Waals surface area (Å²) in [5, 5.41) is 2.94. The first kappa shape index (κ1) is 21.6. The van der Waals surface area contributed by atoms with Crippen LogP contribution in [0.25, 0.3) is 0 Å². The van der Waals surface area contributed by atoms with Crippen LogP contribution in [0, 0.1) is 0 Å². The van der Waals surface area contributed by atoms with Crippen LogP contribution in [0.2, 0.25) is 0 Å². The van der Waals surface area contributed by atoms with E-state index in [1.165, 1.54) is 5.56 Å². The van der Waals surface area contributed by atoms with Gasteiger partial charge in [0.2, 0.25) is 0 Å². The molecule has 152 valence electrons. The zero-order chi connectivity index (χ0) is 20.5. The number of methoxy groups -OCH3 is 1. The first-order chi connectivity index (χ1) is 13.5. The smallest absolute Gasteiger partial charge is 0.261 e. The van der Waals surface area contributed by atoms with E-state index in [0.29, 0.717) is 30.2 Å². The zero-order valence-corrected chi connectivity index (χ0v) is 17.5. The van der Waals surface area contributed by atoms with Gasteiger partial charge < -0.3 is 19.5 Å². The summed E-state index contributed by atoms with van der Waals surface area (Å²) in [6, 6.07) is 13.5. The van der Waals surface area contributed by atoms with Gasteiger partial charge >= 0.3 is 0 Å². The molecule has 0 aliphatic rings. The van der Waals surface area contributed by atoms with Crippen molar-refractivity contribution in [1.29, 1.82) is 0 Å². The molecule has 0 heterocycles. The Hall–Kier alpha value is -2.69. The Balaban J connectivity index is 1.96. The average molecular weight is 386 g/mol. The van der Waals surface area contributed by atoms with Crippen LogP contribution in [-0.4, -0.2) is 25.2 Å². The maximum Gasteiger partial charge on any atom is 0.261 e. The van der Waals surface area contributed by atoms with E-state index in [4.69, 9.17) is 14.2 Å². The maximum absolute atomic E-state index is 12.5. The molecule has 0 aliphatic carbocycles. The minimum absolute atomic E-state index is 0.0632. The lowest BCUT2D eigenvalue weighted by Crippen LogP contribution is -2.37. The fourth-order valence-corrected chi connectivity index (χ4v) is 2.77. The molecule has 0 spiro atoms. The molecular weight excluding hydrogens is 354 g/mol. The minimum atomic E-state index is -0.530. The molecule has 2 aromatic rings. The van der Waals surface area contributed by atoms with Crippen molar-refractivity contribution in [2.75, 3.05) is 7.11 Å².